The topological polar surface area (TPSA) is 63.0 Å². The number of rotatable bonds is 6. The van der Waals surface area contributed by atoms with Crippen molar-refractivity contribution < 1.29 is 9.53 Å². The Bertz CT molecular complexity index is 1040. The molecule has 1 amide bonds. The minimum atomic E-state index is 0.00972. The van der Waals surface area contributed by atoms with Gasteiger partial charge in [-0.25, -0.2) is 9.50 Å². The molecule has 2 aromatic heterocycles. The van der Waals surface area contributed by atoms with Crippen molar-refractivity contribution in [3.63, 3.8) is 0 Å². The maximum atomic E-state index is 13.3. The van der Waals surface area contributed by atoms with Crippen LogP contribution in [0.4, 0.5) is 0 Å². The van der Waals surface area contributed by atoms with Gasteiger partial charge in [-0.1, -0.05) is 12.1 Å². The van der Waals surface area contributed by atoms with Crippen molar-refractivity contribution >= 4 is 11.6 Å². The summed E-state index contributed by atoms with van der Waals surface area (Å²) in [6.45, 7) is 3.50. The molecule has 0 saturated carbocycles. The van der Waals surface area contributed by atoms with Crippen LogP contribution in [-0.2, 0) is 17.8 Å². The molecule has 7 heteroatoms. The molecule has 1 saturated heterocycles. The van der Waals surface area contributed by atoms with Gasteiger partial charge in [0.2, 0.25) is 5.91 Å². The van der Waals surface area contributed by atoms with Crippen LogP contribution in [0, 0.1) is 6.92 Å². The Morgan fingerprint density at radius 2 is 2.03 bits per heavy atom. The highest BCUT2D eigenvalue weighted by Crippen LogP contribution is 2.35. The van der Waals surface area contributed by atoms with Crippen molar-refractivity contribution in [2.24, 2.45) is 0 Å². The zero-order chi connectivity index (χ0) is 21.3. The average molecular weight is 408 g/mol. The van der Waals surface area contributed by atoms with Crippen molar-refractivity contribution in [2.45, 2.75) is 38.8 Å². The second kappa shape index (κ2) is 8.44. The minimum absolute atomic E-state index is 0.00972. The van der Waals surface area contributed by atoms with Gasteiger partial charge in [0.15, 0.2) is 5.65 Å². The third-order valence-corrected chi connectivity index (χ3v) is 5.61. The van der Waals surface area contributed by atoms with Crippen LogP contribution in [0.2, 0.25) is 0 Å². The normalized spacial score (nSPS) is 16.6. The number of hydrogen-bond acceptors (Lipinski definition) is 5. The Hall–Kier alpha value is -2.93. The van der Waals surface area contributed by atoms with E-state index in [1.54, 1.807) is 7.11 Å². The summed E-state index contributed by atoms with van der Waals surface area (Å²) in [6, 6.07) is 9.72. The van der Waals surface area contributed by atoms with Gasteiger partial charge in [-0.3, -0.25) is 4.79 Å². The van der Waals surface area contributed by atoms with Gasteiger partial charge < -0.3 is 14.5 Å². The summed E-state index contributed by atoms with van der Waals surface area (Å²) in [5.41, 5.74) is 4.96. The molecule has 1 aliphatic heterocycles. The van der Waals surface area contributed by atoms with Crippen molar-refractivity contribution in [1.82, 2.24) is 24.4 Å². The van der Waals surface area contributed by atoms with Crippen molar-refractivity contribution in [1.29, 1.82) is 0 Å². The lowest BCUT2D eigenvalue weighted by Crippen LogP contribution is -2.33. The molecule has 4 rings (SSSR count). The summed E-state index contributed by atoms with van der Waals surface area (Å²) in [4.78, 5) is 22.0. The third kappa shape index (κ3) is 4.03. The Kier molecular flexibility index (Phi) is 5.72. The third-order valence-electron chi connectivity index (χ3n) is 5.61. The zero-order valence-corrected chi connectivity index (χ0v) is 18.1. The molecule has 1 aliphatic rings. The highest BCUT2D eigenvalue weighted by atomic mass is 16.5. The second-order valence-electron chi connectivity index (χ2n) is 8.23. The fraction of sp³-hybridized carbons (Fsp3) is 0.435. The highest BCUT2D eigenvalue weighted by molar-refractivity contribution is 5.79. The molecule has 30 heavy (non-hydrogen) atoms. The molecule has 0 aliphatic carbocycles. The molecule has 3 heterocycles. The molecule has 0 radical (unpaired) electrons. The predicted molar refractivity (Wildman–Crippen MR) is 116 cm³/mol. The Labute approximate surface area is 177 Å². The number of amides is 1. The van der Waals surface area contributed by atoms with Gasteiger partial charge in [-0.2, -0.15) is 5.10 Å². The number of benzene rings is 1. The van der Waals surface area contributed by atoms with E-state index < -0.39 is 0 Å². The van der Waals surface area contributed by atoms with Gasteiger partial charge in [-0.05, 0) is 51.6 Å². The van der Waals surface area contributed by atoms with E-state index in [2.05, 4.69) is 9.88 Å². The van der Waals surface area contributed by atoms with Gasteiger partial charge in [0, 0.05) is 30.9 Å². The molecular formula is C23H29N5O2. The number of hydrogen-bond donors (Lipinski definition) is 0. The molecular weight excluding hydrogens is 378 g/mol. The first-order chi connectivity index (χ1) is 14.5. The maximum absolute atomic E-state index is 13.3. The summed E-state index contributed by atoms with van der Waals surface area (Å²) < 4.78 is 7.16. The highest BCUT2D eigenvalue weighted by Gasteiger charge is 2.33. The maximum Gasteiger partial charge on any atom is 0.227 e. The van der Waals surface area contributed by atoms with E-state index in [1.807, 2.05) is 67.0 Å². The first-order valence-electron chi connectivity index (χ1n) is 10.4. The molecule has 158 valence electrons. The van der Waals surface area contributed by atoms with Crippen molar-refractivity contribution in [3.05, 3.63) is 59.0 Å². The van der Waals surface area contributed by atoms with E-state index in [0.29, 0.717) is 6.42 Å². The fourth-order valence-electron chi connectivity index (χ4n) is 4.29. The van der Waals surface area contributed by atoms with Crippen LogP contribution < -0.4 is 4.74 Å². The molecule has 1 atom stereocenters. The number of aryl methyl sites for hydroxylation is 1. The summed E-state index contributed by atoms with van der Waals surface area (Å²) in [5.74, 6) is 0.944. The molecule has 1 fully saturated rings. The number of aromatic nitrogens is 3. The van der Waals surface area contributed by atoms with E-state index in [1.165, 1.54) is 0 Å². The van der Waals surface area contributed by atoms with E-state index in [0.717, 1.165) is 59.8 Å². The van der Waals surface area contributed by atoms with E-state index >= 15 is 0 Å². The summed E-state index contributed by atoms with van der Waals surface area (Å²) >= 11 is 0. The van der Waals surface area contributed by atoms with Gasteiger partial charge >= 0.3 is 0 Å². The fourth-order valence-corrected chi connectivity index (χ4v) is 4.29. The van der Waals surface area contributed by atoms with Crippen LogP contribution in [-0.4, -0.2) is 58.1 Å². The first-order valence-corrected chi connectivity index (χ1v) is 10.4. The van der Waals surface area contributed by atoms with Crippen LogP contribution in [0.1, 0.15) is 41.4 Å². The summed E-state index contributed by atoms with van der Waals surface area (Å²) in [6.07, 6.45) is 4.25. The number of methoxy groups -OCH3 is 1. The molecule has 0 N–H and O–H groups in total. The monoisotopic (exact) mass is 407 g/mol. The Balaban J connectivity index is 1.66. The average Bonchev–Trinajstić information content (AvgIpc) is 3.34. The molecule has 3 aromatic rings. The van der Waals surface area contributed by atoms with Gasteiger partial charge in [0.25, 0.3) is 0 Å². The lowest BCUT2D eigenvalue weighted by molar-refractivity contribution is -0.131. The van der Waals surface area contributed by atoms with Crippen LogP contribution >= 0.6 is 0 Å². The van der Waals surface area contributed by atoms with Crippen LogP contribution in [0.5, 0.6) is 5.75 Å². The molecule has 0 spiro atoms. The molecule has 7 nitrogen and oxygen atoms in total. The van der Waals surface area contributed by atoms with Crippen molar-refractivity contribution in [3.8, 4) is 5.75 Å². The van der Waals surface area contributed by atoms with Crippen molar-refractivity contribution in [2.75, 3.05) is 27.7 Å². The second-order valence-corrected chi connectivity index (χ2v) is 8.23. The van der Waals surface area contributed by atoms with Crippen LogP contribution in [0.15, 0.2) is 36.5 Å². The lowest BCUT2D eigenvalue weighted by Gasteiger charge is -2.28. The summed E-state index contributed by atoms with van der Waals surface area (Å²) in [7, 11) is 5.74. The predicted octanol–water partition coefficient (Wildman–Crippen LogP) is 3.01. The van der Waals surface area contributed by atoms with Crippen LogP contribution in [0.25, 0.3) is 5.65 Å². The number of nitrogens with zero attached hydrogens (tertiary/aromatic N) is 5. The van der Waals surface area contributed by atoms with Gasteiger partial charge in [0.05, 0.1) is 31.0 Å². The van der Waals surface area contributed by atoms with Gasteiger partial charge in [-0.15, -0.1) is 0 Å². The SMILES string of the molecule is COc1ccc(CC(=O)N2CCCC2c2c(CN(C)C)cnc3cc(C)nn23)cc1. The quantitative estimate of drug-likeness (QED) is 0.629. The summed E-state index contributed by atoms with van der Waals surface area (Å²) in [5, 5.41) is 4.71. The molecule has 1 unspecified atom stereocenters. The van der Waals surface area contributed by atoms with Crippen LogP contribution in [0.3, 0.4) is 0 Å². The number of carbonyl (C=O) groups is 1. The standard InChI is InChI=1S/C23H29N5O2/c1-16-12-21-24-14-18(15-26(2)3)23(28(21)25-16)20-6-5-11-27(20)22(29)13-17-7-9-19(30-4)10-8-17/h7-10,12,14,20H,5-6,11,13,15H2,1-4H3. The first kappa shape index (κ1) is 20.3. The number of carbonyl (C=O) groups excluding carboxylic acids is 1. The minimum Gasteiger partial charge on any atom is -0.497 e. The molecule has 0 bridgehead atoms. The van der Waals surface area contributed by atoms with E-state index in [9.17, 15) is 4.79 Å². The van der Waals surface area contributed by atoms with E-state index in [-0.39, 0.29) is 11.9 Å². The Morgan fingerprint density at radius 3 is 2.73 bits per heavy atom. The lowest BCUT2D eigenvalue weighted by atomic mass is 10.0. The smallest absolute Gasteiger partial charge is 0.227 e. The number of ether oxygens (including phenoxy) is 1. The largest absolute Gasteiger partial charge is 0.497 e. The number of likely N-dealkylation sites (tertiary alicyclic amines) is 1. The van der Waals surface area contributed by atoms with E-state index in [4.69, 9.17) is 9.84 Å². The zero-order valence-electron chi connectivity index (χ0n) is 18.1. The number of fused-ring (bicyclic) bond motifs is 1. The Morgan fingerprint density at radius 1 is 1.27 bits per heavy atom. The van der Waals surface area contributed by atoms with Gasteiger partial charge in [0.1, 0.15) is 5.75 Å². The molecule has 1 aromatic carbocycles.